The predicted molar refractivity (Wildman–Crippen MR) is 76.1 cm³/mol. The van der Waals surface area contributed by atoms with E-state index in [1.54, 1.807) is 12.1 Å². The van der Waals surface area contributed by atoms with Gasteiger partial charge in [0.25, 0.3) is 0 Å². The molecule has 0 heterocycles. The van der Waals surface area contributed by atoms with E-state index < -0.39 is 11.6 Å². The fraction of sp³-hybridized carbons (Fsp3) is 0.625. The molecule has 0 bridgehead atoms. The van der Waals surface area contributed by atoms with Gasteiger partial charge in [-0.15, -0.1) is 0 Å². The van der Waals surface area contributed by atoms with E-state index in [2.05, 4.69) is 33.0 Å². The first kappa shape index (κ1) is 16.1. The molecule has 0 aliphatic carbocycles. The number of halogens is 2. The minimum absolute atomic E-state index is 0.294. The highest BCUT2D eigenvalue weighted by molar-refractivity contribution is 5.19. The summed E-state index contributed by atoms with van der Waals surface area (Å²) in [6.07, 6.45) is 1.64. The lowest BCUT2D eigenvalue weighted by molar-refractivity contribution is 0.285. The molecular weight excluding hydrogens is 244 g/mol. The van der Waals surface area contributed by atoms with Crippen LogP contribution in [0.4, 0.5) is 8.78 Å². The van der Waals surface area contributed by atoms with Crippen molar-refractivity contribution in [3.05, 3.63) is 35.4 Å². The summed E-state index contributed by atoms with van der Waals surface area (Å²) in [4.78, 5) is 0. The summed E-state index contributed by atoms with van der Waals surface area (Å²) >= 11 is 0. The lowest BCUT2D eigenvalue weighted by Crippen LogP contribution is -2.38. The van der Waals surface area contributed by atoms with Gasteiger partial charge in [0.2, 0.25) is 0 Å². The second-order valence-corrected chi connectivity index (χ2v) is 5.57. The van der Waals surface area contributed by atoms with E-state index in [9.17, 15) is 8.78 Å². The topological polar surface area (TPSA) is 12.0 Å². The second-order valence-electron chi connectivity index (χ2n) is 5.57. The molecule has 19 heavy (non-hydrogen) atoms. The van der Waals surface area contributed by atoms with Crippen molar-refractivity contribution in [3.63, 3.8) is 0 Å². The summed E-state index contributed by atoms with van der Waals surface area (Å²) < 4.78 is 27.0. The van der Waals surface area contributed by atoms with Gasteiger partial charge in [-0.05, 0) is 49.8 Å². The van der Waals surface area contributed by atoms with Crippen molar-refractivity contribution in [2.45, 2.75) is 46.6 Å². The van der Waals surface area contributed by atoms with Crippen LogP contribution >= 0.6 is 0 Å². The smallest absolute Gasteiger partial charge is 0.162 e. The monoisotopic (exact) mass is 269 g/mol. The van der Waals surface area contributed by atoms with Crippen LogP contribution in [0.5, 0.6) is 0 Å². The van der Waals surface area contributed by atoms with Gasteiger partial charge in [-0.1, -0.05) is 32.9 Å². The van der Waals surface area contributed by atoms with Crippen molar-refractivity contribution >= 4 is 0 Å². The molecule has 2 atom stereocenters. The molecule has 0 radical (unpaired) electrons. The molecule has 0 saturated heterocycles. The van der Waals surface area contributed by atoms with Gasteiger partial charge in [0, 0.05) is 6.04 Å². The maximum atomic E-state index is 13.7. The van der Waals surface area contributed by atoms with Crippen molar-refractivity contribution in [2.24, 2.45) is 11.8 Å². The maximum Gasteiger partial charge on any atom is 0.162 e. The minimum Gasteiger partial charge on any atom is -0.314 e. The van der Waals surface area contributed by atoms with Crippen LogP contribution in [0, 0.1) is 23.5 Å². The lowest BCUT2D eigenvalue weighted by Gasteiger charge is -2.28. The Morgan fingerprint density at radius 3 is 2.42 bits per heavy atom. The Labute approximate surface area is 115 Å². The van der Waals surface area contributed by atoms with Crippen molar-refractivity contribution in [1.82, 2.24) is 5.32 Å². The molecule has 3 heteroatoms. The van der Waals surface area contributed by atoms with Gasteiger partial charge in [0.15, 0.2) is 11.6 Å². The van der Waals surface area contributed by atoms with E-state index in [1.807, 2.05) is 0 Å². The Kier molecular flexibility index (Phi) is 6.43. The zero-order chi connectivity index (χ0) is 14.4. The van der Waals surface area contributed by atoms with Gasteiger partial charge in [0.1, 0.15) is 0 Å². The van der Waals surface area contributed by atoms with Crippen molar-refractivity contribution in [2.75, 3.05) is 6.54 Å². The second kappa shape index (κ2) is 7.59. The molecule has 1 nitrogen and oxygen atoms in total. The average Bonchev–Trinajstić information content (AvgIpc) is 2.37. The molecule has 1 N–H and O–H groups in total. The van der Waals surface area contributed by atoms with E-state index in [0.29, 0.717) is 29.9 Å². The van der Waals surface area contributed by atoms with Gasteiger partial charge in [-0.2, -0.15) is 0 Å². The number of rotatable bonds is 7. The summed E-state index contributed by atoms with van der Waals surface area (Å²) in [5.41, 5.74) is 0.476. The summed E-state index contributed by atoms with van der Waals surface area (Å²) in [6.45, 7) is 9.46. The molecule has 1 aromatic rings. The Balaban J connectivity index is 2.81. The van der Waals surface area contributed by atoms with Gasteiger partial charge in [0.05, 0.1) is 0 Å². The van der Waals surface area contributed by atoms with Crippen LogP contribution in [0.2, 0.25) is 0 Å². The van der Waals surface area contributed by atoms with Crippen LogP contribution in [0.15, 0.2) is 18.2 Å². The fourth-order valence-corrected chi connectivity index (χ4v) is 2.47. The molecule has 1 aromatic carbocycles. The SMILES string of the molecule is CCCNC(C)C(Cc1cccc(F)c1F)C(C)C. The van der Waals surface area contributed by atoms with Gasteiger partial charge in [-0.3, -0.25) is 0 Å². The fourth-order valence-electron chi connectivity index (χ4n) is 2.47. The number of hydrogen-bond donors (Lipinski definition) is 1. The van der Waals surface area contributed by atoms with Crippen LogP contribution in [0.1, 0.15) is 39.7 Å². The third-order valence-corrected chi connectivity index (χ3v) is 3.70. The van der Waals surface area contributed by atoms with Gasteiger partial charge >= 0.3 is 0 Å². The molecular formula is C16H25F2N. The zero-order valence-corrected chi connectivity index (χ0v) is 12.3. The van der Waals surface area contributed by atoms with Crippen molar-refractivity contribution in [1.29, 1.82) is 0 Å². The summed E-state index contributed by atoms with van der Waals surface area (Å²) in [7, 11) is 0. The molecule has 0 aliphatic heterocycles. The highest BCUT2D eigenvalue weighted by Crippen LogP contribution is 2.23. The first-order chi connectivity index (χ1) is 8.97. The third-order valence-electron chi connectivity index (χ3n) is 3.70. The van der Waals surface area contributed by atoms with E-state index in [1.165, 1.54) is 6.07 Å². The van der Waals surface area contributed by atoms with Gasteiger partial charge in [-0.25, -0.2) is 8.78 Å². The minimum atomic E-state index is -0.755. The first-order valence-corrected chi connectivity index (χ1v) is 7.13. The van der Waals surface area contributed by atoms with Crippen LogP contribution in [0.3, 0.4) is 0 Å². The maximum absolute atomic E-state index is 13.7. The number of benzene rings is 1. The molecule has 0 amide bonds. The van der Waals surface area contributed by atoms with E-state index in [0.717, 1.165) is 13.0 Å². The summed E-state index contributed by atoms with van der Waals surface area (Å²) in [5.74, 6) is -0.741. The molecule has 0 aromatic heterocycles. The number of hydrogen-bond acceptors (Lipinski definition) is 1. The highest BCUT2D eigenvalue weighted by atomic mass is 19.2. The standard InChI is InChI=1S/C16H25F2N/c1-5-9-19-12(4)14(11(2)3)10-13-7-6-8-15(17)16(13)18/h6-8,11-12,14,19H,5,9-10H2,1-4H3. The van der Waals surface area contributed by atoms with Crippen molar-refractivity contribution < 1.29 is 8.78 Å². The quantitative estimate of drug-likeness (QED) is 0.783. The Morgan fingerprint density at radius 1 is 1.16 bits per heavy atom. The summed E-state index contributed by atoms with van der Waals surface area (Å²) in [6, 6.07) is 4.72. The molecule has 0 aliphatic rings. The third kappa shape index (κ3) is 4.57. The summed E-state index contributed by atoms with van der Waals surface area (Å²) in [5, 5.41) is 3.45. The van der Waals surface area contributed by atoms with E-state index in [-0.39, 0.29) is 0 Å². The Bertz CT molecular complexity index is 390. The van der Waals surface area contributed by atoms with Gasteiger partial charge < -0.3 is 5.32 Å². The van der Waals surface area contributed by atoms with Crippen LogP contribution < -0.4 is 5.32 Å². The zero-order valence-electron chi connectivity index (χ0n) is 12.3. The van der Waals surface area contributed by atoms with Crippen molar-refractivity contribution in [3.8, 4) is 0 Å². The Hall–Kier alpha value is -0.960. The molecule has 1 rings (SSSR count). The predicted octanol–water partition coefficient (Wildman–Crippen LogP) is 4.17. The average molecular weight is 269 g/mol. The molecule has 2 unspecified atom stereocenters. The highest BCUT2D eigenvalue weighted by Gasteiger charge is 2.22. The lowest BCUT2D eigenvalue weighted by atomic mass is 9.83. The first-order valence-electron chi connectivity index (χ1n) is 7.13. The normalized spacial score (nSPS) is 14.7. The van der Waals surface area contributed by atoms with E-state index >= 15 is 0 Å². The molecule has 108 valence electrons. The van der Waals surface area contributed by atoms with Crippen LogP contribution in [-0.4, -0.2) is 12.6 Å². The Morgan fingerprint density at radius 2 is 1.84 bits per heavy atom. The number of nitrogens with one attached hydrogen (secondary N) is 1. The molecule has 0 spiro atoms. The van der Waals surface area contributed by atoms with E-state index in [4.69, 9.17) is 0 Å². The van der Waals surface area contributed by atoms with Crippen LogP contribution in [0.25, 0.3) is 0 Å². The molecule has 0 fully saturated rings. The van der Waals surface area contributed by atoms with Crippen LogP contribution in [-0.2, 0) is 6.42 Å². The molecule has 0 saturated carbocycles. The largest absolute Gasteiger partial charge is 0.314 e.